The molecular weight excluding hydrogens is 994 g/mol. The van der Waals surface area contributed by atoms with Gasteiger partial charge in [-0.3, -0.25) is 0 Å². The highest BCUT2D eigenvalue weighted by atomic mass is 28.3. The number of benzene rings is 10. The Bertz CT molecular complexity index is 4500. The standard InChI is InChI=1S/C76H70BN3Si/c1-73(2,3)47-35-37-64-57(39-47)59-41-49(75(7,8)9)43-61-70(59)79(64)66-45-51(46-67-69(66)77(61)62-44-50(76(10,11)12)42-60-58-40-48(74(4,5)6)36-38-65(58)80(67)71(60)62)78-63-33-23-22-31-55(63)56-32-24-34-68(72(56)78)81(52-25-16-13-17-26-52,53-27-18-14-19-28-53)54-29-20-15-21-30-54/h13-46H,1-12H3. The lowest BCUT2D eigenvalue weighted by Crippen LogP contribution is -2.75. The third kappa shape index (κ3) is 7.07. The first-order valence-electron chi connectivity index (χ1n) is 29.4. The molecule has 2 aliphatic heterocycles. The van der Waals surface area contributed by atoms with Gasteiger partial charge in [0.25, 0.3) is 6.71 Å². The highest BCUT2D eigenvalue weighted by Gasteiger charge is 2.46. The molecule has 0 fully saturated rings. The molecule has 0 saturated heterocycles. The molecule has 5 heterocycles. The van der Waals surface area contributed by atoms with Gasteiger partial charge in [0, 0.05) is 54.7 Å². The van der Waals surface area contributed by atoms with Gasteiger partial charge in [0.15, 0.2) is 8.07 Å². The van der Waals surface area contributed by atoms with E-state index >= 15 is 0 Å². The molecule has 0 unspecified atom stereocenters. The number of rotatable bonds is 5. The summed E-state index contributed by atoms with van der Waals surface area (Å²) >= 11 is 0. The minimum atomic E-state index is -3.08. The van der Waals surface area contributed by atoms with Crippen molar-refractivity contribution in [2.45, 2.75) is 105 Å². The minimum Gasteiger partial charge on any atom is -0.310 e. The molecule has 5 heteroatoms. The summed E-state index contributed by atoms with van der Waals surface area (Å²) in [5, 5.41) is 13.3. The maximum atomic E-state index is 2.70. The van der Waals surface area contributed by atoms with Gasteiger partial charge in [-0.15, -0.1) is 0 Å². The van der Waals surface area contributed by atoms with Crippen molar-refractivity contribution in [2.24, 2.45) is 0 Å². The minimum absolute atomic E-state index is 0.0283. The fraction of sp³-hybridized carbons (Fsp3) is 0.211. The van der Waals surface area contributed by atoms with Crippen LogP contribution in [0.3, 0.4) is 0 Å². The molecule has 15 rings (SSSR count). The van der Waals surface area contributed by atoms with Crippen molar-refractivity contribution in [3.63, 3.8) is 0 Å². The van der Waals surface area contributed by atoms with Crippen LogP contribution < -0.4 is 37.1 Å². The molecule has 10 aromatic carbocycles. The molecule has 0 spiro atoms. The number of aromatic nitrogens is 3. The van der Waals surface area contributed by atoms with Crippen LogP contribution in [-0.2, 0) is 21.7 Å². The van der Waals surface area contributed by atoms with E-state index in [9.17, 15) is 0 Å². The number of hydrogen-bond donors (Lipinski definition) is 0. The van der Waals surface area contributed by atoms with E-state index in [0.717, 1.165) is 5.69 Å². The van der Waals surface area contributed by atoms with Gasteiger partial charge < -0.3 is 13.7 Å². The van der Waals surface area contributed by atoms with Crippen LogP contribution in [0.25, 0.3) is 82.5 Å². The largest absolute Gasteiger partial charge is 0.310 e. The van der Waals surface area contributed by atoms with Crippen molar-refractivity contribution in [1.29, 1.82) is 0 Å². The topological polar surface area (TPSA) is 14.8 Å². The summed E-state index contributed by atoms with van der Waals surface area (Å²) < 4.78 is 8.07. The highest BCUT2D eigenvalue weighted by Crippen LogP contribution is 2.45. The Morgan fingerprint density at radius 2 is 0.704 bits per heavy atom. The number of para-hydroxylation sites is 2. The van der Waals surface area contributed by atoms with Crippen LogP contribution in [-0.4, -0.2) is 28.5 Å². The number of nitrogens with zero attached hydrogens (tertiary/aromatic N) is 3. The van der Waals surface area contributed by atoms with E-state index in [1.165, 1.54) is 136 Å². The fourth-order valence-corrected chi connectivity index (χ4v) is 19.6. The van der Waals surface area contributed by atoms with Crippen molar-refractivity contribution >= 4 is 117 Å². The maximum absolute atomic E-state index is 3.08. The SMILES string of the molecule is CC(C)(C)c1ccc2c(c1)c1cc(C(C)(C)C)cc3c1n2-c1cc(-n2c4ccccc4c4cccc([Si](c5ccccc5)(c5ccccc5)c5ccccc5)c42)cc2c1B3c1cc(C(C)(C)C)cc3c4cc(C(C)(C)C)ccc4n-2c13. The predicted molar refractivity (Wildman–Crippen MR) is 353 cm³/mol. The van der Waals surface area contributed by atoms with Crippen LogP contribution in [0.4, 0.5) is 0 Å². The van der Waals surface area contributed by atoms with Crippen LogP contribution in [0.15, 0.2) is 206 Å². The summed E-state index contributed by atoms with van der Waals surface area (Å²) in [4.78, 5) is 0. The van der Waals surface area contributed by atoms with E-state index in [-0.39, 0.29) is 28.4 Å². The van der Waals surface area contributed by atoms with Gasteiger partial charge in [0.05, 0.1) is 27.8 Å². The van der Waals surface area contributed by atoms with Crippen molar-refractivity contribution in [3.05, 3.63) is 229 Å². The Hall–Kier alpha value is -8.12. The Morgan fingerprint density at radius 1 is 0.309 bits per heavy atom. The highest BCUT2D eigenvalue weighted by molar-refractivity contribution is 7.20. The van der Waals surface area contributed by atoms with Crippen molar-refractivity contribution in [1.82, 2.24) is 13.7 Å². The second-order valence-corrected chi connectivity index (χ2v) is 31.6. The van der Waals surface area contributed by atoms with Gasteiger partial charge in [-0.2, -0.15) is 0 Å². The fourth-order valence-electron chi connectivity index (χ4n) is 14.6. The molecule has 81 heavy (non-hydrogen) atoms. The van der Waals surface area contributed by atoms with E-state index in [0.29, 0.717) is 0 Å². The molecule has 3 aromatic heterocycles. The molecule has 3 nitrogen and oxygen atoms in total. The molecule has 0 aliphatic carbocycles. The van der Waals surface area contributed by atoms with E-state index in [1.807, 2.05) is 0 Å². The summed E-state index contributed by atoms with van der Waals surface area (Å²) in [5.74, 6) is 0. The predicted octanol–water partition coefficient (Wildman–Crippen LogP) is 14.7. The molecule has 0 amide bonds. The summed E-state index contributed by atoms with van der Waals surface area (Å²) in [6.45, 7) is 28.4. The molecule has 2 aliphatic rings. The maximum Gasteiger partial charge on any atom is 0.252 e. The lowest BCUT2D eigenvalue weighted by atomic mass is 9.34. The quantitative estimate of drug-likeness (QED) is 0.121. The molecular formula is C76H70BN3Si. The molecule has 0 bridgehead atoms. The smallest absolute Gasteiger partial charge is 0.252 e. The van der Waals surface area contributed by atoms with E-state index in [2.05, 4.69) is 303 Å². The average Bonchev–Trinajstić information content (AvgIpc) is 3.80. The normalized spacial score (nSPS) is 13.7. The average molecular weight is 1060 g/mol. The van der Waals surface area contributed by atoms with Crippen molar-refractivity contribution < 1.29 is 0 Å². The zero-order valence-electron chi connectivity index (χ0n) is 49.0. The van der Waals surface area contributed by atoms with Crippen LogP contribution >= 0.6 is 0 Å². The lowest BCUT2D eigenvalue weighted by Gasteiger charge is -2.36. The molecule has 13 aromatic rings. The third-order valence-electron chi connectivity index (χ3n) is 18.7. The monoisotopic (exact) mass is 1060 g/mol. The molecule has 396 valence electrons. The Balaban J connectivity index is 1.17. The Labute approximate surface area is 478 Å². The van der Waals surface area contributed by atoms with Gasteiger partial charge in [-0.05, 0) is 136 Å². The molecule has 0 atom stereocenters. The molecule has 0 radical (unpaired) electrons. The van der Waals surface area contributed by atoms with Crippen LogP contribution in [0.2, 0.25) is 0 Å². The van der Waals surface area contributed by atoms with Crippen LogP contribution in [0.5, 0.6) is 0 Å². The summed E-state index contributed by atoms with van der Waals surface area (Å²) in [7, 11) is -3.08. The lowest BCUT2D eigenvalue weighted by molar-refractivity contribution is 0.590. The van der Waals surface area contributed by atoms with E-state index < -0.39 is 8.07 Å². The van der Waals surface area contributed by atoms with E-state index in [1.54, 1.807) is 0 Å². The number of hydrogen-bond acceptors (Lipinski definition) is 0. The first-order valence-corrected chi connectivity index (χ1v) is 31.4. The Morgan fingerprint density at radius 3 is 1.15 bits per heavy atom. The molecule has 0 saturated carbocycles. The summed E-state index contributed by atoms with van der Waals surface area (Å²) in [6, 6.07) is 81.0. The van der Waals surface area contributed by atoms with Crippen LogP contribution in [0, 0.1) is 0 Å². The van der Waals surface area contributed by atoms with Gasteiger partial charge >= 0.3 is 0 Å². The Kier molecular flexibility index (Phi) is 10.5. The van der Waals surface area contributed by atoms with Crippen LogP contribution in [0.1, 0.15) is 105 Å². The van der Waals surface area contributed by atoms with Gasteiger partial charge in [0.2, 0.25) is 0 Å². The zero-order chi connectivity index (χ0) is 55.9. The van der Waals surface area contributed by atoms with Gasteiger partial charge in [-0.25, -0.2) is 0 Å². The van der Waals surface area contributed by atoms with Crippen molar-refractivity contribution in [3.8, 4) is 17.1 Å². The second-order valence-electron chi connectivity index (χ2n) is 27.8. The first-order chi connectivity index (χ1) is 38.7. The van der Waals surface area contributed by atoms with Gasteiger partial charge in [-0.1, -0.05) is 235 Å². The second kappa shape index (κ2) is 17.0. The van der Waals surface area contributed by atoms with Gasteiger partial charge in [0.1, 0.15) is 0 Å². The van der Waals surface area contributed by atoms with E-state index in [4.69, 9.17) is 0 Å². The molecule has 0 N–H and O–H groups in total. The summed E-state index contributed by atoms with van der Waals surface area (Å²) in [6.07, 6.45) is 0. The van der Waals surface area contributed by atoms with Crippen molar-refractivity contribution in [2.75, 3.05) is 0 Å². The summed E-state index contributed by atoms with van der Waals surface area (Å²) in [5.41, 5.74) is 20.7. The number of fused-ring (bicyclic) bond motifs is 13. The first kappa shape index (κ1) is 49.9. The zero-order valence-corrected chi connectivity index (χ0v) is 50.0. The third-order valence-corrected chi connectivity index (χ3v) is 23.5.